The molecule has 0 bridgehead atoms. The molecule has 0 aliphatic rings. The number of nitrogens with zero attached hydrogens (tertiary/aromatic N) is 2. The average molecular weight is 554 g/mol. The highest BCUT2D eigenvalue weighted by Crippen LogP contribution is 2.33. The summed E-state index contributed by atoms with van der Waals surface area (Å²) in [6, 6.07) is 10.7. The van der Waals surface area contributed by atoms with E-state index in [0.29, 0.717) is 17.2 Å². The lowest BCUT2D eigenvalue weighted by molar-refractivity contribution is -0.141. The van der Waals surface area contributed by atoms with Gasteiger partial charge < -0.3 is 19.7 Å². The molecule has 0 spiro atoms. The van der Waals surface area contributed by atoms with Gasteiger partial charge in [-0.3, -0.25) is 13.9 Å². The highest BCUT2D eigenvalue weighted by Gasteiger charge is 2.33. The van der Waals surface area contributed by atoms with Crippen LogP contribution in [0.15, 0.2) is 42.5 Å². The van der Waals surface area contributed by atoms with Gasteiger partial charge in [0.05, 0.1) is 26.2 Å². The zero-order chi connectivity index (χ0) is 28.0. The molecule has 2 amide bonds. The summed E-state index contributed by atoms with van der Waals surface area (Å²) in [6.45, 7) is 6.91. The van der Waals surface area contributed by atoms with Crippen LogP contribution in [0.2, 0.25) is 5.02 Å². The van der Waals surface area contributed by atoms with Gasteiger partial charge in [-0.1, -0.05) is 30.7 Å². The standard InChI is InChI=1S/C26H36ClN3O6S/c1-8-21(25(32)28-26(2,3)4)29(16-18-9-11-19(27)12-10-18)24(31)17-30(37(7,33)34)22-14-13-20(35-5)15-23(22)36-6/h9-15,21H,8,16-17H2,1-7H3,(H,28,32)/t21-/m1/s1. The van der Waals surface area contributed by atoms with E-state index in [2.05, 4.69) is 5.32 Å². The van der Waals surface area contributed by atoms with E-state index >= 15 is 0 Å². The van der Waals surface area contributed by atoms with E-state index in [1.165, 1.54) is 31.3 Å². The Hall–Kier alpha value is -2.98. The summed E-state index contributed by atoms with van der Waals surface area (Å²) in [4.78, 5) is 28.4. The fourth-order valence-corrected chi connectivity index (χ4v) is 4.72. The van der Waals surface area contributed by atoms with Crippen LogP contribution in [0.25, 0.3) is 0 Å². The second-order valence-electron chi connectivity index (χ2n) is 9.62. The van der Waals surface area contributed by atoms with Crippen molar-refractivity contribution < 1.29 is 27.5 Å². The first-order valence-electron chi connectivity index (χ1n) is 11.8. The molecule has 11 heteroatoms. The van der Waals surface area contributed by atoms with E-state index < -0.39 is 34.1 Å². The van der Waals surface area contributed by atoms with Crippen molar-refractivity contribution >= 4 is 39.1 Å². The summed E-state index contributed by atoms with van der Waals surface area (Å²) >= 11 is 6.02. The van der Waals surface area contributed by atoms with E-state index in [4.69, 9.17) is 21.1 Å². The van der Waals surface area contributed by atoms with Gasteiger partial charge >= 0.3 is 0 Å². The molecule has 0 aliphatic carbocycles. The van der Waals surface area contributed by atoms with Gasteiger partial charge in [-0.05, 0) is 57.0 Å². The number of carbonyl (C=O) groups excluding carboxylic acids is 2. The summed E-state index contributed by atoms with van der Waals surface area (Å²) in [6.07, 6.45) is 1.34. The fourth-order valence-electron chi connectivity index (χ4n) is 3.74. The van der Waals surface area contributed by atoms with Gasteiger partial charge in [0, 0.05) is 23.2 Å². The molecule has 1 N–H and O–H groups in total. The van der Waals surface area contributed by atoms with Crippen LogP contribution in [0.1, 0.15) is 39.7 Å². The van der Waals surface area contributed by atoms with Gasteiger partial charge in [-0.15, -0.1) is 0 Å². The number of sulfonamides is 1. The van der Waals surface area contributed by atoms with Crippen LogP contribution < -0.4 is 19.1 Å². The summed E-state index contributed by atoms with van der Waals surface area (Å²) < 4.78 is 37.2. The Labute approximate surface area is 224 Å². The SMILES string of the molecule is CC[C@H](C(=O)NC(C)(C)C)N(Cc1ccc(Cl)cc1)C(=O)CN(c1ccc(OC)cc1OC)S(C)(=O)=O. The number of ether oxygens (including phenoxy) is 2. The van der Waals surface area contributed by atoms with E-state index in [-0.39, 0.29) is 23.9 Å². The third-order valence-corrected chi connectivity index (χ3v) is 6.86. The Kier molecular flexibility index (Phi) is 10.2. The predicted octanol–water partition coefficient (Wildman–Crippen LogP) is 3.85. The number of anilines is 1. The van der Waals surface area contributed by atoms with Gasteiger partial charge in [0.15, 0.2) is 0 Å². The lowest BCUT2D eigenvalue weighted by Crippen LogP contribution is -2.55. The number of carbonyl (C=O) groups is 2. The van der Waals surface area contributed by atoms with E-state index in [1.54, 1.807) is 37.3 Å². The molecular formula is C26H36ClN3O6S. The minimum atomic E-state index is -3.91. The van der Waals surface area contributed by atoms with Crippen LogP contribution in [0.4, 0.5) is 5.69 Å². The molecule has 0 saturated carbocycles. The van der Waals surface area contributed by atoms with E-state index in [0.717, 1.165) is 16.1 Å². The average Bonchev–Trinajstić information content (AvgIpc) is 2.81. The van der Waals surface area contributed by atoms with Crippen molar-refractivity contribution in [2.75, 3.05) is 31.3 Å². The van der Waals surface area contributed by atoms with E-state index in [9.17, 15) is 18.0 Å². The molecule has 2 aromatic rings. The molecule has 0 fully saturated rings. The van der Waals surface area contributed by atoms with Crippen molar-refractivity contribution in [2.45, 2.75) is 52.2 Å². The molecule has 1 atom stereocenters. The van der Waals surface area contributed by atoms with Crippen LogP contribution in [-0.2, 0) is 26.2 Å². The maximum absolute atomic E-state index is 13.8. The van der Waals surface area contributed by atoms with Crippen LogP contribution in [0.5, 0.6) is 11.5 Å². The number of hydrogen-bond donors (Lipinski definition) is 1. The maximum atomic E-state index is 13.8. The minimum Gasteiger partial charge on any atom is -0.497 e. The first-order chi connectivity index (χ1) is 17.2. The van der Waals surface area contributed by atoms with Crippen LogP contribution in [-0.4, -0.2) is 63.7 Å². The second kappa shape index (κ2) is 12.5. The normalized spacial score (nSPS) is 12.4. The fraction of sp³-hybridized carbons (Fsp3) is 0.462. The summed E-state index contributed by atoms with van der Waals surface area (Å²) in [7, 11) is -1.03. The predicted molar refractivity (Wildman–Crippen MR) is 146 cm³/mol. The molecule has 37 heavy (non-hydrogen) atoms. The second-order valence-corrected chi connectivity index (χ2v) is 12.0. The number of amides is 2. The Balaban J connectivity index is 2.52. The summed E-state index contributed by atoms with van der Waals surface area (Å²) in [5.74, 6) is -0.187. The first kappa shape index (κ1) is 30.2. The van der Waals surface area contributed by atoms with Crippen LogP contribution in [0, 0.1) is 0 Å². The van der Waals surface area contributed by atoms with Crippen molar-refractivity contribution in [3.05, 3.63) is 53.1 Å². The van der Waals surface area contributed by atoms with Gasteiger partial charge in [0.2, 0.25) is 21.8 Å². The first-order valence-corrected chi connectivity index (χ1v) is 14.0. The Morgan fingerprint density at radius 2 is 1.68 bits per heavy atom. The smallest absolute Gasteiger partial charge is 0.244 e. The number of rotatable bonds is 11. The molecule has 204 valence electrons. The summed E-state index contributed by atoms with van der Waals surface area (Å²) in [5, 5.41) is 3.46. The van der Waals surface area contributed by atoms with Gasteiger partial charge in [0.25, 0.3) is 0 Å². The highest BCUT2D eigenvalue weighted by molar-refractivity contribution is 7.92. The van der Waals surface area contributed by atoms with Gasteiger partial charge in [0.1, 0.15) is 24.1 Å². The molecule has 0 aliphatic heterocycles. The number of halogens is 1. The molecule has 0 unspecified atom stereocenters. The molecule has 2 aromatic carbocycles. The third kappa shape index (κ3) is 8.53. The third-order valence-electron chi connectivity index (χ3n) is 5.49. The maximum Gasteiger partial charge on any atom is 0.244 e. The lowest BCUT2D eigenvalue weighted by Gasteiger charge is -2.34. The molecule has 0 saturated heterocycles. The lowest BCUT2D eigenvalue weighted by atomic mass is 10.1. The van der Waals surface area contributed by atoms with E-state index in [1.807, 2.05) is 20.8 Å². The zero-order valence-corrected chi connectivity index (χ0v) is 23.9. The highest BCUT2D eigenvalue weighted by atomic mass is 35.5. The molecule has 9 nitrogen and oxygen atoms in total. The Morgan fingerprint density at radius 3 is 2.16 bits per heavy atom. The van der Waals surface area contributed by atoms with Gasteiger partial charge in [-0.2, -0.15) is 0 Å². The molecule has 0 radical (unpaired) electrons. The minimum absolute atomic E-state index is 0.0867. The van der Waals surface area contributed by atoms with Crippen molar-refractivity contribution in [2.24, 2.45) is 0 Å². The largest absolute Gasteiger partial charge is 0.497 e. The molecule has 2 rings (SSSR count). The Morgan fingerprint density at radius 1 is 1.05 bits per heavy atom. The van der Waals surface area contributed by atoms with Crippen LogP contribution in [0.3, 0.4) is 0 Å². The topological polar surface area (TPSA) is 105 Å². The van der Waals surface area contributed by atoms with Crippen molar-refractivity contribution in [3.63, 3.8) is 0 Å². The zero-order valence-electron chi connectivity index (χ0n) is 22.4. The number of methoxy groups -OCH3 is 2. The number of hydrogen-bond acceptors (Lipinski definition) is 6. The van der Waals surface area contributed by atoms with Gasteiger partial charge in [-0.25, -0.2) is 8.42 Å². The monoisotopic (exact) mass is 553 g/mol. The van der Waals surface area contributed by atoms with Crippen molar-refractivity contribution in [1.29, 1.82) is 0 Å². The Bertz CT molecular complexity index is 1200. The van der Waals surface area contributed by atoms with Crippen molar-refractivity contribution in [1.82, 2.24) is 10.2 Å². The summed E-state index contributed by atoms with van der Waals surface area (Å²) in [5.41, 5.74) is 0.403. The van der Waals surface area contributed by atoms with Crippen LogP contribution >= 0.6 is 11.6 Å². The molecule has 0 aromatic heterocycles. The van der Waals surface area contributed by atoms with Crippen molar-refractivity contribution in [3.8, 4) is 11.5 Å². The number of nitrogens with one attached hydrogen (secondary N) is 1. The molecular weight excluding hydrogens is 518 g/mol. The number of benzene rings is 2. The quantitative estimate of drug-likeness (QED) is 0.453. The molecule has 0 heterocycles.